The molecule has 0 unspecified atom stereocenters. The molecule has 23 heavy (non-hydrogen) atoms. The van der Waals surface area contributed by atoms with Crippen molar-refractivity contribution in [3.63, 3.8) is 0 Å². The summed E-state index contributed by atoms with van der Waals surface area (Å²) < 4.78 is 12.8. The molecular weight excluding hydrogens is 295 g/mol. The van der Waals surface area contributed by atoms with Gasteiger partial charge in [-0.15, -0.1) is 0 Å². The van der Waals surface area contributed by atoms with Crippen LogP contribution in [0.2, 0.25) is 0 Å². The van der Waals surface area contributed by atoms with Crippen LogP contribution in [0, 0.1) is 19.7 Å². The van der Waals surface area contributed by atoms with Crippen LogP contribution in [0.15, 0.2) is 42.5 Å². The number of amides is 2. The quantitative estimate of drug-likeness (QED) is 0.891. The molecule has 0 saturated carbocycles. The summed E-state index contributed by atoms with van der Waals surface area (Å²) in [4.78, 5) is 23.6. The molecule has 0 heterocycles. The van der Waals surface area contributed by atoms with Crippen LogP contribution in [0.3, 0.4) is 0 Å². The van der Waals surface area contributed by atoms with E-state index in [-0.39, 0.29) is 30.6 Å². The van der Waals surface area contributed by atoms with Crippen molar-refractivity contribution in [2.45, 2.75) is 20.3 Å². The lowest BCUT2D eigenvalue weighted by atomic mass is 10.1. The van der Waals surface area contributed by atoms with Crippen LogP contribution in [0.4, 0.5) is 10.1 Å². The third kappa shape index (κ3) is 5.21. The van der Waals surface area contributed by atoms with Crippen molar-refractivity contribution in [1.29, 1.82) is 0 Å². The summed E-state index contributed by atoms with van der Waals surface area (Å²) in [5.41, 5.74) is 3.63. The minimum atomic E-state index is -0.345. The standard InChI is InChI=1S/C18H19FN2O2/c1-12-3-8-16(9-13(12)2)21-18(23)11-20-17(22)10-14-4-6-15(19)7-5-14/h3-9H,10-11H2,1-2H3,(H,20,22)(H,21,23). The van der Waals surface area contributed by atoms with Crippen molar-refractivity contribution >= 4 is 17.5 Å². The third-order valence-corrected chi connectivity index (χ3v) is 3.51. The van der Waals surface area contributed by atoms with Gasteiger partial charge in [0.25, 0.3) is 0 Å². The van der Waals surface area contributed by atoms with Crippen LogP contribution in [0.5, 0.6) is 0 Å². The Bertz CT molecular complexity index is 711. The van der Waals surface area contributed by atoms with E-state index in [1.807, 2.05) is 32.0 Å². The van der Waals surface area contributed by atoms with Gasteiger partial charge in [-0.2, -0.15) is 0 Å². The van der Waals surface area contributed by atoms with E-state index in [0.717, 1.165) is 11.1 Å². The lowest BCUT2D eigenvalue weighted by molar-refractivity contribution is -0.123. The van der Waals surface area contributed by atoms with Crippen LogP contribution >= 0.6 is 0 Å². The van der Waals surface area contributed by atoms with Gasteiger partial charge in [0.2, 0.25) is 11.8 Å². The number of carbonyl (C=O) groups excluding carboxylic acids is 2. The van der Waals surface area contributed by atoms with Gasteiger partial charge >= 0.3 is 0 Å². The SMILES string of the molecule is Cc1ccc(NC(=O)CNC(=O)Cc2ccc(F)cc2)cc1C. The average molecular weight is 314 g/mol. The molecule has 0 aliphatic heterocycles. The molecule has 0 aliphatic rings. The predicted octanol–water partition coefficient (Wildman–Crippen LogP) is 2.74. The van der Waals surface area contributed by atoms with Crippen molar-refractivity contribution in [1.82, 2.24) is 5.32 Å². The first kappa shape index (κ1) is 16.7. The minimum Gasteiger partial charge on any atom is -0.347 e. The molecule has 2 aromatic rings. The molecule has 0 saturated heterocycles. The smallest absolute Gasteiger partial charge is 0.243 e. The van der Waals surface area contributed by atoms with Crippen LogP contribution < -0.4 is 10.6 Å². The Hall–Kier alpha value is -2.69. The number of halogens is 1. The van der Waals surface area contributed by atoms with Crippen molar-refractivity contribution < 1.29 is 14.0 Å². The van der Waals surface area contributed by atoms with Gasteiger partial charge in [0.15, 0.2) is 0 Å². The second kappa shape index (κ2) is 7.54. The zero-order chi connectivity index (χ0) is 16.8. The summed E-state index contributed by atoms with van der Waals surface area (Å²) in [5, 5.41) is 5.28. The summed E-state index contributed by atoms with van der Waals surface area (Å²) in [6, 6.07) is 11.3. The highest BCUT2D eigenvalue weighted by atomic mass is 19.1. The largest absolute Gasteiger partial charge is 0.347 e. The van der Waals surface area contributed by atoms with Gasteiger partial charge in [-0.25, -0.2) is 4.39 Å². The molecule has 0 fully saturated rings. The van der Waals surface area contributed by atoms with Crippen molar-refractivity contribution in [2.75, 3.05) is 11.9 Å². The number of carbonyl (C=O) groups is 2. The van der Waals surface area contributed by atoms with E-state index in [9.17, 15) is 14.0 Å². The third-order valence-electron chi connectivity index (χ3n) is 3.51. The molecule has 2 amide bonds. The van der Waals surface area contributed by atoms with Crippen LogP contribution in [0.25, 0.3) is 0 Å². The fraction of sp³-hybridized carbons (Fsp3) is 0.222. The number of hydrogen-bond donors (Lipinski definition) is 2. The molecule has 2 aromatic carbocycles. The number of rotatable bonds is 5. The first-order valence-electron chi connectivity index (χ1n) is 7.32. The van der Waals surface area contributed by atoms with Crippen molar-refractivity contribution in [3.05, 3.63) is 65.0 Å². The predicted molar refractivity (Wildman–Crippen MR) is 87.7 cm³/mol. The van der Waals surface area contributed by atoms with E-state index in [0.29, 0.717) is 11.3 Å². The number of benzene rings is 2. The lowest BCUT2D eigenvalue weighted by Gasteiger charge is -2.09. The van der Waals surface area contributed by atoms with E-state index in [1.54, 1.807) is 12.1 Å². The summed E-state index contributed by atoms with van der Waals surface area (Å²) in [6.07, 6.45) is 0.108. The van der Waals surface area contributed by atoms with Gasteiger partial charge in [0.05, 0.1) is 13.0 Å². The second-order valence-corrected chi connectivity index (χ2v) is 5.43. The van der Waals surface area contributed by atoms with Gasteiger partial charge in [0.1, 0.15) is 5.82 Å². The molecule has 120 valence electrons. The number of hydrogen-bond acceptors (Lipinski definition) is 2. The highest BCUT2D eigenvalue weighted by Crippen LogP contribution is 2.13. The zero-order valence-corrected chi connectivity index (χ0v) is 13.2. The maximum absolute atomic E-state index is 12.8. The molecule has 4 nitrogen and oxygen atoms in total. The summed E-state index contributed by atoms with van der Waals surface area (Å²) in [5.74, 6) is -0.922. The fourth-order valence-electron chi connectivity index (χ4n) is 2.05. The van der Waals surface area contributed by atoms with E-state index in [4.69, 9.17) is 0 Å². The minimum absolute atomic E-state index is 0.104. The molecule has 2 rings (SSSR count). The molecule has 0 bridgehead atoms. The Morgan fingerprint density at radius 1 is 0.957 bits per heavy atom. The Labute approximate surface area is 134 Å². The average Bonchev–Trinajstić information content (AvgIpc) is 2.51. The second-order valence-electron chi connectivity index (χ2n) is 5.43. The monoisotopic (exact) mass is 314 g/mol. The number of aryl methyl sites for hydroxylation is 2. The zero-order valence-electron chi connectivity index (χ0n) is 13.2. The van der Waals surface area contributed by atoms with E-state index >= 15 is 0 Å². The summed E-state index contributed by atoms with van der Waals surface area (Å²) in [6.45, 7) is 3.86. The summed E-state index contributed by atoms with van der Waals surface area (Å²) >= 11 is 0. The molecule has 0 atom stereocenters. The molecule has 5 heteroatoms. The van der Waals surface area contributed by atoms with Crippen molar-refractivity contribution in [2.24, 2.45) is 0 Å². The Kier molecular flexibility index (Phi) is 5.46. The maximum Gasteiger partial charge on any atom is 0.243 e. The van der Waals surface area contributed by atoms with Crippen LogP contribution in [-0.2, 0) is 16.0 Å². The highest BCUT2D eigenvalue weighted by molar-refractivity contribution is 5.94. The first-order valence-corrected chi connectivity index (χ1v) is 7.32. The molecule has 0 spiro atoms. The molecule has 2 N–H and O–H groups in total. The number of anilines is 1. The normalized spacial score (nSPS) is 10.2. The molecular formula is C18H19FN2O2. The lowest BCUT2D eigenvalue weighted by Crippen LogP contribution is -2.33. The Morgan fingerprint density at radius 2 is 1.65 bits per heavy atom. The van der Waals surface area contributed by atoms with Crippen LogP contribution in [-0.4, -0.2) is 18.4 Å². The topological polar surface area (TPSA) is 58.2 Å². The summed E-state index contributed by atoms with van der Waals surface area (Å²) in [7, 11) is 0. The Morgan fingerprint density at radius 3 is 2.30 bits per heavy atom. The van der Waals surface area contributed by atoms with Crippen LogP contribution in [0.1, 0.15) is 16.7 Å². The molecule has 0 aromatic heterocycles. The molecule has 0 aliphatic carbocycles. The first-order chi connectivity index (χ1) is 10.9. The highest BCUT2D eigenvalue weighted by Gasteiger charge is 2.07. The number of nitrogens with one attached hydrogen (secondary N) is 2. The van der Waals surface area contributed by atoms with E-state index < -0.39 is 0 Å². The molecule has 0 radical (unpaired) electrons. The van der Waals surface area contributed by atoms with E-state index in [1.165, 1.54) is 12.1 Å². The fourth-order valence-corrected chi connectivity index (χ4v) is 2.05. The van der Waals surface area contributed by atoms with Gasteiger partial charge in [0, 0.05) is 5.69 Å². The van der Waals surface area contributed by atoms with Gasteiger partial charge in [-0.05, 0) is 54.8 Å². The van der Waals surface area contributed by atoms with Gasteiger partial charge in [-0.1, -0.05) is 18.2 Å². The maximum atomic E-state index is 12.8. The van der Waals surface area contributed by atoms with E-state index in [2.05, 4.69) is 10.6 Å². The van der Waals surface area contributed by atoms with Gasteiger partial charge in [-0.3, -0.25) is 9.59 Å². The Balaban J connectivity index is 1.80. The van der Waals surface area contributed by atoms with Gasteiger partial charge < -0.3 is 10.6 Å². The van der Waals surface area contributed by atoms with Crippen molar-refractivity contribution in [3.8, 4) is 0 Å².